The molecule has 1 aliphatic carbocycles. The molecule has 0 spiro atoms. The van der Waals surface area contributed by atoms with Crippen molar-refractivity contribution in [3.63, 3.8) is 0 Å². The second-order valence-corrected chi connectivity index (χ2v) is 10.3. The highest BCUT2D eigenvalue weighted by molar-refractivity contribution is 6.08. The second-order valence-electron chi connectivity index (χ2n) is 10.3. The van der Waals surface area contributed by atoms with E-state index >= 15 is 8.78 Å². The third kappa shape index (κ3) is 3.49. The number of rotatable bonds is 4. The molecule has 1 unspecified atom stereocenters. The number of fused-ring (bicyclic) bond motifs is 2. The number of hydrogen-bond donors (Lipinski definition) is 0. The summed E-state index contributed by atoms with van der Waals surface area (Å²) in [5, 5.41) is 0. The number of alkyl halides is 2. The summed E-state index contributed by atoms with van der Waals surface area (Å²) in [6.45, 7) is 7.30. The van der Waals surface area contributed by atoms with Gasteiger partial charge in [-0.05, 0) is 60.4 Å². The predicted molar refractivity (Wildman–Crippen MR) is 128 cm³/mol. The van der Waals surface area contributed by atoms with E-state index in [1.54, 1.807) is 4.90 Å². The summed E-state index contributed by atoms with van der Waals surface area (Å²) in [7, 11) is 0. The van der Waals surface area contributed by atoms with Gasteiger partial charge in [0.1, 0.15) is 23.3 Å². The first kappa shape index (κ1) is 22.6. The van der Waals surface area contributed by atoms with Crippen LogP contribution in [0.1, 0.15) is 49.3 Å². The Hall–Kier alpha value is -2.83. The topological polar surface area (TPSA) is 18.8 Å². The number of amidine groups is 1. The number of aryl methyl sites for hydroxylation is 1. The van der Waals surface area contributed by atoms with Crippen LogP contribution in [-0.4, -0.2) is 40.7 Å². The third-order valence-corrected chi connectivity index (χ3v) is 8.10. The van der Waals surface area contributed by atoms with Crippen LogP contribution in [0.2, 0.25) is 0 Å². The first-order valence-corrected chi connectivity index (χ1v) is 12.6. The number of hydrogen-bond acceptors (Lipinski definition) is 3. The fourth-order valence-electron chi connectivity index (χ4n) is 6.28. The Morgan fingerprint density at radius 3 is 2.51 bits per heavy atom. The normalized spacial score (nSPS) is 25.1. The molecule has 2 atom stereocenters. The Balaban J connectivity index is 1.40. The lowest BCUT2D eigenvalue weighted by molar-refractivity contribution is -0.0759. The van der Waals surface area contributed by atoms with Gasteiger partial charge in [0.05, 0.1) is 18.2 Å². The zero-order chi connectivity index (χ0) is 24.5. The third-order valence-electron chi connectivity index (χ3n) is 8.10. The van der Waals surface area contributed by atoms with E-state index in [4.69, 9.17) is 4.99 Å². The fraction of sp³-hybridized carbons (Fsp3) is 0.464. The van der Waals surface area contributed by atoms with E-state index in [0.717, 1.165) is 36.8 Å². The summed E-state index contributed by atoms with van der Waals surface area (Å²) in [5.74, 6) is -3.46. The van der Waals surface area contributed by atoms with Crippen molar-refractivity contribution in [2.24, 2.45) is 16.8 Å². The molecule has 3 nitrogen and oxygen atoms in total. The molecule has 3 fully saturated rings. The molecule has 35 heavy (non-hydrogen) atoms. The molecule has 3 heterocycles. The van der Waals surface area contributed by atoms with Crippen LogP contribution in [0, 0.1) is 23.5 Å². The fourth-order valence-corrected chi connectivity index (χ4v) is 6.28. The first-order chi connectivity index (χ1) is 16.8. The van der Waals surface area contributed by atoms with Crippen molar-refractivity contribution in [3.05, 3.63) is 71.1 Å². The van der Waals surface area contributed by atoms with Crippen molar-refractivity contribution >= 4 is 5.84 Å². The van der Waals surface area contributed by atoms with Crippen LogP contribution in [0.3, 0.4) is 0 Å². The van der Waals surface area contributed by atoms with E-state index in [1.165, 1.54) is 18.2 Å². The maximum Gasteiger partial charge on any atom is 0.272 e. The Morgan fingerprint density at radius 1 is 1.09 bits per heavy atom. The van der Waals surface area contributed by atoms with Crippen LogP contribution in [-0.2, 0) is 13.0 Å². The van der Waals surface area contributed by atoms with E-state index in [2.05, 4.69) is 19.6 Å². The summed E-state index contributed by atoms with van der Waals surface area (Å²) in [6, 6.07) is 6.94. The smallest absolute Gasteiger partial charge is 0.272 e. The molecule has 0 aromatic heterocycles. The van der Waals surface area contributed by atoms with Crippen molar-refractivity contribution < 1.29 is 17.6 Å². The van der Waals surface area contributed by atoms with Gasteiger partial charge >= 0.3 is 0 Å². The molecule has 0 amide bonds. The lowest BCUT2D eigenvalue weighted by atomic mass is 9.90. The van der Waals surface area contributed by atoms with Crippen LogP contribution in [0.25, 0.3) is 11.1 Å². The van der Waals surface area contributed by atoms with Gasteiger partial charge in [-0.25, -0.2) is 17.6 Å². The van der Waals surface area contributed by atoms with Gasteiger partial charge in [0.25, 0.3) is 5.92 Å². The van der Waals surface area contributed by atoms with Gasteiger partial charge in [0.15, 0.2) is 0 Å². The van der Waals surface area contributed by atoms with Crippen LogP contribution in [0.5, 0.6) is 0 Å². The van der Waals surface area contributed by atoms with Crippen molar-refractivity contribution in [2.75, 3.05) is 13.1 Å². The van der Waals surface area contributed by atoms with E-state index in [-0.39, 0.29) is 11.5 Å². The molecule has 7 heteroatoms. The van der Waals surface area contributed by atoms with E-state index in [0.29, 0.717) is 48.8 Å². The zero-order valence-electron chi connectivity index (χ0n) is 19.8. The average molecular weight is 484 g/mol. The molecule has 0 radical (unpaired) electrons. The summed E-state index contributed by atoms with van der Waals surface area (Å²) >= 11 is 0. The minimum Gasteiger partial charge on any atom is -0.349 e. The lowest BCUT2D eigenvalue weighted by Crippen LogP contribution is -2.51. The molecular weight excluding hydrogens is 454 g/mol. The molecule has 184 valence electrons. The highest BCUT2D eigenvalue weighted by atomic mass is 19.3. The molecule has 6 rings (SSSR count). The van der Waals surface area contributed by atoms with Crippen LogP contribution in [0.4, 0.5) is 17.6 Å². The van der Waals surface area contributed by atoms with Gasteiger partial charge in [0, 0.05) is 24.6 Å². The number of nitrogens with zero attached hydrogens (tertiary/aromatic N) is 3. The molecule has 4 aliphatic rings. The Kier molecular flexibility index (Phi) is 5.24. The maximum absolute atomic E-state index is 15.2. The molecular formula is C28H29F4N3. The van der Waals surface area contributed by atoms with Crippen molar-refractivity contribution in [3.8, 4) is 11.1 Å². The number of benzene rings is 2. The average Bonchev–Trinajstić information content (AvgIpc) is 3.50. The SMILES string of the molecule is C=C1N(C2=NCc3cc(CCC)cc(-c4c(F)cccc4F)c32)CC[C@H]2N1CC(C1CC1)C2(F)F. The predicted octanol–water partition coefficient (Wildman–Crippen LogP) is 6.37. The van der Waals surface area contributed by atoms with Crippen LogP contribution >= 0.6 is 0 Å². The molecule has 3 aliphatic heterocycles. The molecule has 2 saturated heterocycles. The van der Waals surface area contributed by atoms with Gasteiger partial charge in [-0.15, -0.1) is 0 Å². The largest absolute Gasteiger partial charge is 0.349 e. The standard InChI is InChI=1S/C28H29F4N3/c1-3-5-17-12-19-14-33-27(25(19)20(13-17)26-22(29)6-4-7-23(26)30)34-11-10-24-28(31,32)21(18-8-9-18)15-35(24)16(34)2/h4,6-7,12-13,18,21,24H,2-3,5,8-11,14-15H2,1H3/t21?,24-/m1/s1. The molecule has 0 bridgehead atoms. The quantitative estimate of drug-likeness (QED) is 0.471. The van der Waals surface area contributed by atoms with E-state index in [9.17, 15) is 8.78 Å². The van der Waals surface area contributed by atoms with Gasteiger partial charge < -0.3 is 9.80 Å². The lowest BCUT2D eigenvalue weighted by Gasteiger charge is -2.42. The minimum absolute atomic E-state index is 0.0710. The Labute approximate surface area is 203 Å². The van der Waals surface area contributed by atoms with Crippen molar-refractivity contribution in [2.45, 2.75) is 57.5 Å². The van der Waals surface area contributed by atoms with Crippen LogP contribution < -0.4 is 0 Å². The maximum atomic E-state index is 15.2. The van der Waals surface area contributed by atoms with Gasteiger partial charge in [-0.2, -0.15) is 0 Å². The summed E-state index contributed by atoms with van der Waals surface area (Å²) in [5.41, 5.74) is 2.98. The van der Waals surface area contributed by atoms with Crippen LogP contribution in [0.15, 0.2) is 47.7 Å². The monoisotopic (exact) mass is 483 g/mol. The number of halogens is 4. The molecule has 2 aromatic carbocycles. The Bertz CT molecular complexity index is 1210. The van der Waals surface area contributed by atoms with Gasteiger partial charge in [0.2, 0.25) is 0 Å². The Morgan fingerprint density at radius 2 is 1.83 bits per heavy atom. The highest BCUT2D eigenvalue weighted by Crippen LogP contribution is 2.53. The molecule has 2 aromatic rings. The molecule has 1 saturated carbocycles. The minimum atomic E-state index is -2.73. The van der Waals surface area contributed by atoms with Crippen molar-refractivity contribution in [1.29, 1.82) is 0 Å². The van der Waals surface area contributed by atoms with Gasteiger partial charge in [-0.1, -0.05) is 38.1 Å². The zero-order valence-corrected chi connectivity index (χ0v) is 19.8. The summed E-state index contributed by atoms with van der Waals surface area (Å²) < 4.78 is 60.4. The highest BCUT2D eigenvalue weighted by Gasteiger charge is 2.62. The van der Waals surface area contributed by atoms with E-state index < -0.39 is 29.5 Å². The number of aliphatic imine (C=N–C) groups is 1. The van der Waals surface area contributed by atoms with E-state index in [1.807, 2.05) is 11.0 Å². The first-order valence-electron chi connectivity index (χ1n) is 12.6. The van der Waals surface area contributed by atoms with Gasteiger partial charge in [-0.3, -0.25) is 4.99 Å². The molecule has 0 N–H and O–H groups in total. The summed E-state index contributed by atoms with van der Waals surface area (Å²) in [4.78, 5) is 8.40. The second kappa shape index (κ2) is 8.10. The summed E-state index contributed by atoms with van der Waals surface area (Å²) in [6.07, 6.45) is 3.72. The van der Waals surface area contributed by atoms with Crippen molar-refractivity contribution in [1.82, 2.24) is 9.80 Å².